The van der Waals surface area contributed by atoms with Crippen molar-refractivity contribution in [3.8, 4) is 0 Å². The van der Waals surface area contributed by atoms with Crippen molar-refractivity contribution in [1.29, 1.82) is 0 Å². The third kappa shape index (κ3) is 0.849. The minimum Gasteiger partial charge on any atom is -0.304 e. The van der Waals surface area contributed by atoms with Crippen molar-refractivity contribution in [2.45, 2.75) is 5.50 Å². The highest BCUT2D eigenvalue weighted by molar-refractivity contribution is 7.99. The normalized spacial score (nSPS) is 34.5. The van der Waals surface area contributed by atoms with Gasteiger partial charge in [0.25, 0.3) is 0 Å². The van der Waals surface area contributed by atoms with E-state index >= 15 is 0 Å². The molecule has 0 spiro atoms. The summed E-state index contributed by atoms with van der Waals surface area (Å²) in [7, 11) is 0. The van der Waals surface area contributed by atoms with Gasteiger partial charge in [0.05, 0.1) is 0 Å². The molecule has 1 nitrogen and oxygen atoms in total. The van der Waals surface area contributed by atoms with E-state index in [2.05, 4.69) is 5.32 Å². The van der Waals surface area contributed by atoms with Crippen molar-refractivity contribution < 1.29 is 4.39 Å². The van der Waals surface area contributed by atoms with Gasteiger partial charge in [0.15, 0.2) is 5.50 Å². The molecule has 0 aromatic carbocycles. The Labute approximate surface area is 40.3 Å². The maximum absolute atomic E-state index is 11.8. The van der Waals surface area contributed by atoms with Crippen LogP contribution in [0.15, 0.2) is 0 Å². The highest BCUT2D eigenvalue weighted by Crippen LogP contribution is 2.14. The Morgan fingerprint density at radius 1 is 1.83 bits per heavy atom. The summed E-state index contributed by atoms with van der Waals surface area (Å²) >= 11 is 1.32. The molecule has 3 heteroatoms. The summed E-state index contributed by atoms with van der Waals surface area (Å²) < 4.78 is 11.8. The molecular formula is C3H6FNS. The van der Waals surface area contributed by atoms with Crippen molar-refractivity contribution in [3.05, 3.63) is 0 Å². The Bertz CT molecular complexity index is 44.1. The van der Waals surface area contributed by atoms with Gasteiger partial charge in [0, 0.05) is 12.4 Å². The van der Waals surface area contributed by atoms with E-state index in [9.17, 15) is 4.39 Å². The molecule has 1 aliphatic rings. The number of nitrogens with one attached hydrogen (secondary N) is 1. The van der Waals surface area contributed by atoms with Crippen LogP contribution in [0.3, 0.4) is 0 Å². The molecule has 1 unspecified atom stereocenters. The quantitative estimate of drug-likeness (QED) is 0.486. The first-order chi connectivity index (χ1) is 2.89. The number of rotatable bonds is 0. The molecule has 1 heterocycles. The smallest absolute Gasteiger partial charge is 0.159 e. The number of hydrogen-bond acceptors (Lipinski definition) is 2. The molecule has 1 atom stereocenters. The average Bonchev–Trinajstić information content (AvgIpc) is 1.86. The molecule has 36 valence electrons. The zero-order valence-electron chi connectivity index (χ0n) is 3.28. The first-order valence-electron chi connectivity index (χ1n) is 1.86. The first-order valence-corrected chi connectivity index (χ1v) is 2.91. The Morgan fingerprint density at radius 2 is 2.67 bits per heavy atom. The molecule has 0 aliphatic carbocycles. The van der Waals surface area contributed by atoms with E-state index in [1.165, 1.54) is 11.8 Å². The zero-order valence-corrected chi connectivity index (χ0v) is 4.09. The summed E-state index contributed by atoms with van der Waals surface area (Å²) in [6.45, 7) is 0.532. The summed E-state index contributed by atoms with van der Waals surface area (Å²) in [4.78, 5) is 0. The maximum Gasteiger partial charge on any atom is 0.159 e. The van der Waals surface area contributed by atoms with Gasteiger partial charge in [-0.2, -0.15) is 0 Å². The Balaban J connectivity index is 2.18. The number of thioether (sulfide) groups is 1. The van der Waals surface area contributed by atoms with Gasteiger partial charge in [-0.25, -0.2) is 4.39 Å². The van der Waals surface area contributed by atoms with E-state index in [1.807, 2.05) is 0 Å². The van der Waals surface area contributed by atoms with Gasteiger partial charge >= 0.3 is 0 Å². The second-order valence-electron chi connectivity index (χ2n) is 1.18. The Morgan fingerprint density at radius 3 is 2.83 bits per heavy atom. The van der Waals surface area contributed by atoms with Crippen LogP contribution in [0.25, 0.3) is 0 Å². The fourth-order valence-electron chi connectivity index (χ4n) is 0.381. The summed E-state index contributed by atoms with van der Waals surface area (Å²) in [5, 5.41) is 2.86. The van der Waals surface area contributed by atoms with Crippen LogP contribution in [0.1, 0.15) is 0 Å². The predicted octanol–water partition coefficient (Wildman–Crippen LogP) is 0.576. The van der Waals surface area contributed by atoms with Crippen molar-refractivity contribution in [2.24, 2.45) is 0 Å². The topological polar surface area (TPSA) is 12.0 Å². The predicted molar refractivity (Wildman–Crippen MR) is 25.4 cm³/mol. The molecular weight excluding hydrogens is 101 g/mol. The van der Waals surface area contributed by atoms with Crippen LogP contribution in [-0.2, 0) is 0 Å². The highest BCUT2D eigenvalue weighted by Gasteiger charge is 2.10. The van der Waals surface area contributed by atoms with Crippen LogP contribution < -0.4 is 5.32 Å². The van der Waals surface area contributed by atoms with Gasteiger partial charge in [0.1, 0.15) is 0 Å². The summed E-state index contributed by atoms with van der Waals surface area (Å²) in [5.74, 6) is 0.779. The van der Waals surface area contributed by atoms with Crippen LogP contribution in [0.2, 0.25) is 0 Å². The second-order valence-corrected chi connectivity index (χ2v) is 2.31. The highest BCUT2D eigenvalue weighted by atomic mass is 32.2. The van der Waals surface area contributed by atoms with E-state index in [0.717, 1.165) is 5.88 Å². The fraction of sp³-hybridized carbons (Fsp3) is 1.00. The van der Waals surface area contributed by atoms with Crippen LogP contribution in [0, 0.1) is 0 Å². The van der Waals surface area contributed by atoms with E-state index in [1.54, 1.807) is 0 Å². The molecule has 0 bridgehead atoms. The molecule has 6 heavy (non-hydrogen) atoms. The standard InChI is InChI=1S/C3H6FNS/c4-3-1-5-2-6-3/h3,5H,1-2H2. The van der Waals surface area contributed by atoms with E-state index < -0.39 is 5.50 Å². The molecule has 1 N–H and O–H groups in total. The third-order valence-electron chi connectivity index (χ3n) is 0.671. The molecule has 1 aliphatic heterocycles. The molecule has 1 saturated heterocycles. The van der Waals surface area contributed by atoms with Crippen LogP contribution in [0.4, 0.5) is 4.39 Å². The Hall–Kier alpha value is 0.240. The van der Waals surface area contributed by atoms with Crippen LogP contribution in [-0.4, -0.2) is 17.9 Å². The van der Waals surface area contributed by atoms with Gasteiger partial charge in [-0.3, -0.25) is 0 Å². The molecule has 0 aromatic rings. The lowest BCUT2D eigenvalue weighted by Crippen LogP contribution is -2.08. The first kappa shape index (κ1) is 4.40. The van der Waals surface area contributed by atoms with Gasteiger partial charge < -0.3 is 5.32 Å². The van der Waals surface area contributed by atoms with E-state index in [0.29, 0.717) is 6.54 Å². The largest absolute Gasteiger partial charge is 0.304 e. The zero-order chi connectivity index (χ0) is 4.41. The SMILES string of the molecule is FC1CNCS1. The second kappa shape index (κ2) is 1.80. The minimum atomic E-state index is -0.648. The third-order valence-corrected chi connectivity index (χ3v) is 1.57. The molecule has 0 amide bonds. The van der Waals surface area contributed by atoms with Crippen molar-refractivity contribution in [1.82, 2.24) is 5.32 Å². The molecule has 1 rings (SSSR count). The van der Waals surface area contributed by atoms with Crippen LogP contribution >= 0.6 is 11.8 Å². The van der Waals surface area contributed by atoms with Gasteiger partial charge in [0.2, 0.25) is 0 Å². The van der Waals surface area contributed by atoms with E-state index in [-0.39, 0.29) is 0 Å². The lowest BCUT2D eigenvalue weighted by Gasteiger charge is -1.85. The van der Waals surface area contributed by atoms with Crippen molar-refractivity contribution >= 4 is 11.8 Å². The molecule has 0 aromatic heterocycles. The number of halogens is 1. The Kier molecular flexibility index (Phi) is 1.32. The van der Waals surface area contributed by atoms with E-state index in [4.69, 9.17) is 0 Å². The monoisotopic (exact) mass is 107 g/mol. The van der Waals surface area contributed by atoms with Gasteiger partial charge in [-0.05, 0) is 0 Å². The van der Waals surface area contributed by atoms with Gasteiger partial charge in [-0.1, -0.05) is 0 Å². The summed E-state index contributed by atoms with van der Waals surface area (Å²) in [6, 6.07) is 0. The lowest BCUT2D eigenvalue weighted by atomic mass is 10.7. The van der Waals surface area contributed by atoms with Crippen LogP contribution in [0.5, 0.6) is 0 Å². The molecule has 1 fully saturated rings. The maximum atomic E-state index is 11.8. The van der Waals surface area contributed by atoms with Crippen molar-refractivity contribution in [2.75, 3.05) is 12.4 Å². The molecule has 0 radical (unpaired) electrons. The number of alkyl halides is 1. The fourth-order valence-corrected chi connectivity index (χ4v) is 1.03. The average molecular weight is 107 g/mol. The number of hydrogen-bond donors (Lipinski definition) is 1. The minimum absolute atomic E-state index is 0.532. The lowest BCUT2D eigenvalue weighted by molar-refractivity contribution is 0.454. The molecule has 0 saturated carbocycles. The summed E-state index contributed by atoms with van der Waals surface area (Å²) in [5.41, 5.74) is -0.648. The van der Waals surface area contributed by atoms with Crippen molar-refractivity contribution in [3.63, 3.8) is 0 Å². The summed E-state index contributed by atoms with van der Waals surface area (Å²) in [6.07, 6.45) is 0. The van der Waals surface area contributed by atoms with Gasteiger partial charge in [-0.15, -0.1) is 11.8 Å².